The summed E-state index contributed by atoms with van der Waals surface area (Å²) in [6.45, 7) is 0.901. The van der Waals surface area contributed by atoms with Crippen LogP contribution in [0.4, 0.5) is 0 Å². The van der Waals surface area contributed by atoms with Crippen molar-refractivity contribution in [3.8, 4) is 5.75 Å². The van der Waals surface area contributed by atoms with Gasteiger partial charge in [0.2, 0.25) is 0 Å². The maximum atomic E-state index is 6.04. The summed E-state index contributed by atoms with van der Waals surface area (Å²) < 4.78 is 5.25. The van der Waals surface area contributed by atoms with E-state index in [1.165, 1.54) is 50.5 Å². The molecule has 3 heteroatoms. The molecule has 0 spiro atoms. The molecule has 0 heterocycles. The van der Waals surface area contributed by atoms with Crippen LogP contribution in [0.1, 0.15) is 50.5 Å². The fourth-order valence-corrected chi connectivity index (χ4v) is 2.93. The number of ether oxygens (including phenoxy) is 1. The first kappa shape index (κ1) is 14.7. The van der Waals surface area contributed by atoms with Gasteiger partial charge >= 0.3 is 0 Å². The molecule has 0 unspecified atom stereocenters. The molecule has 0 amide bonds. The quantitative estimate of drug-likeness (QED) is 0.874. The van der Waals surface area contributed by atoms with E-state index >= 15 is 0 Å². The minimum atomic E-state index is 0.668. The molecular weight excluding hydrogens is 258 g/mol. The highest BCUT2D eigenvalue weighted by Gasteiger charge is 2.11. The maximum Gasteiger partial charge on any atom is 0.137 e. The number of hydrogen-bond acceptors (Lipinski definition) is 2. The van der Waals surface area contributed by atoms with Crippen LogP contribution in [0.2, 0.25) is 5.02 Å². The molecule has 1 saturated carbocycles. The number of nitrogens with one attached hydrogen (secondary N) is 1. The minimum absolute atomic E-state index is 0.668. The van der Waals surface area contributed by atoms with Crippen molar-refractivity contribution in [2.75, 3.05) is 7.11 Å². The van der Waals surface area contributed by atoms with Crippen molar-refractivity contribution in [3.05, 3.63) is 28.8 Å². The Morgan fingerprint density at radius 2 is 1.84 bits per heavy atom. The predicted molar refractivity (Wildman–Crippen MR) is 81.0 cm³/mol. The molecule has 1 N–H and O–H groups in total. The van der Waals surface area contributed by atoms with Gasteiger partial charge in [-0.2, -0.15) is 0 Å². The molecular formula is C16H24ClNO. The molecule has 1 aromatic rings. The first-order chi connectivity index (χ1) is 9.29. The zero-order valence-corrected chi connectivity index (χ0v) is 12.5. The van der Waals surface area contributed by atoms with E-state index in [4.69, 9.17) is 16.3 Å². The molecule has 0 aliphatic heterocycles. The van der Waals surface area contributed by atoms with Crippen LogP contribution in [0.15, 0.2) is 18.2 Å². The molecule has 0 bridgehead atoms. The van der Waals surface area contributed by atoms with Gasteiger partial charge in [0.25, 0.3) is 0 Å². The minimum Gasteiger partial charge on any atom is -0.495 e. The Hall–Kier alpha value is -0.730. The van der Waals surface area contributed by atoms with Crippen molar-refractivity contribution in [2.24, 2.45) is 0 Å². The SMILES string of the molecule is COc1cc(CNC2CCCCCCC2)ccc1Cl. The second-order valence-corrected chi connectivity index (χ2v) is 5.80. The lowest BCUT2D eigenvalue weighted by atomic mass is 9.96. The molecule has 1 fully saturated rings. The molecule has 0 aromatic heterocycles. The van der Waals surface area contributed by atoms with Crippen molar-refractivity contribution < 1.29 is 4.74 Å². The van der Waals surface area contributed by atoms with Crippen LogP contribution in [0.3, 0.4) is 0 Å². The van der Waals surface area contributed by atoms with Gasteiger partial charge < -0.3 is 10.1 Å². The van der Waals surface area contributed by atoms with Gasteiger partial charge in [-0.25, -0.2) is 0 Å². The van der Waals surface area contributed by atoms with E-state index in [-0.39, 0.29) is 0 Å². The monoisotopic (exact) mass is 281 g/mol. The van der Waals surface area contributed by atoms with Gasteiger partial charge in [-0.1, -0.05) is 49.8 Å². The summed E-state index contributed by atoms with van der Waals surface area (Å²) in [5, 5.41) is 4.36. The molecule has 1 aromatic carbocycles. The number of benzene rings is 1. The Morgan fingerprint density at radius 3 is 2.53 bits per heavy atom. The fourth-order valence-electron chi connectivity index (χ4n) is 2.74. The van der Waals surface area contributed by atoms with E-state index in [1.54, 1.807) is 7.11 Å². The third kappa shape index (κ3) is 4.70. The van der Waals surface area contributed by atoms with Crippen LogP contribution in [0.25, 0.3) is 0 Å². The van der Waals surface area contributed by atoms with E-state index in [1.807, 2.05) is 12.1 Å². The molecule has 2 rings (SSSR count). The van der Waals surface area contributed by atoms with Gasteiger partial charge in [-0.15, -0.1) is 0 Å². The lowest BCUT2D eigenvalue weighted by molar-refractivity contribution is 0.387. The van der Waals surface area contributed by atoms with Crippen LogP contribution in [-0.2, 0) is 6.54 Å². The van der Waals surface area contributed by atoms with Gasteiger partial charge in [-0.05, 0) is 30.5 Å². The molecule has 1 aliphatic rings. The van der Waals surface area contributed by atoms with Crippen LogP contribution in [-0.4, -0.2) is 13.2 Å². The van der Waals surface area contributed by atoms with Gasteiger partial charge in [0.05, 0.1) is 12.1 Å². The summed E-state index contributed by atoms with van der Waals surface area (Å²) in [6.07, 6.45) is 9.56. The highest BCUT2D eigenvalue weighted by Crippen LogP contribution is 2.25. The Labute approximate surface area is 121 Å². The first-order valence-corrected chi connectivity index (χ1v) is 7.73. The van der Waals surface area contributed by atoms with Gasteiger partial charge in [0.15, 0.2) is 0 Å². The summed E-state index contributed by atoms with van der Waals surface area (Å²) >= 11 is 6.04. The molecule has 0 atom stereocenters. The van der Waals surface area contributed by atoms with Crippen LogP contribution in [0.5, 0.6) is 5.75 Å². The Morgan fingerprint density at radius 1 is 1.16 bits per heavy atom. The second-order valence-electron chi connectivity index (χ2n) is 5.39. The largest absolute Gasteiger partial charge is 0.495 e. The van der Waals surface area contributed by atoms with E-state index in [2.05, 4.69) is 11.4 Å². The molecule has 2 nitrogen and oxygen atoms in total. The van der Waals surface area contributed by atoms with Crippen molar-refractivity contribution >= 4 is 11.6 Å². The van der Waals surface area contributed by atoms with E-state index in [0.29, 0.717) is 11.1 Å². The predicted octanol–water partition coefficient (Wildman–Crippen LogP) is 4.55. The lowest BCUT2D eigenvalue weighted by Gasteiger charge is -2.21. The maximum absolute atomic E-state index is 6.04. The zero-order valence-electron chi connectivity index (χ0n) is 11.8. The Bertz CT molecular complexity index is 386. The van der Waals surface area contributed by atoms with Gasteiger partial charge in [0, 0.05) is 12.6 Å². The fraction of sp³-hybridized carbons (Fsp3) is 0.625. The van der Waals surface area contributed by atoms with Crippen LogP contribution >= 0.6 is 11.6 Å². The van der Waals surface area contributed by atoms with Crippen LogP contribution < -0.4 is 10.1 Å². The van der Waals surface area contributed by atoms with Crippen molar-refractivity contribution in [1.29, 1.82) is 0 Å². The Kier molecular flexibility index (Phi) is 5.99. The van der Waals surface area contributed by atoms with E-state index in [9.17, 15) is 0 Å². The van der Waals surface area contributed by atoms with Gasteiger partial charge in [-0.3, -0.25) is 0 Å². The normalized spacial score (nSPS) is 17.8. The highest BCUT2D eigenvalue weighted by molar-refractivity contribution is 6.32. The first-order valence-electron chi connectivity index (χ1n) is 7.35. The molecule has 1 aliphatic carbocycles. The number of halogens is 1. The average Bonchev–Trinajstić information content (AvgIpc) is 2.39. The van der Waals surface area contributed by atoms with Crippen molar-refractivity contribution in [1.82, 2.24) is 5.32 Å². The van der Waals surface area contributed by atoms with Gasteiger partial charge in [0.1, 0.15) is 5.75 Å². The average molecular weight is 282 g/mol. The van der Waals surface area contributed by atoms with E-state index in [0.717, 1.165) is 12.3 Å². The molecule has 19 heavy (non-hydrogen) atoms. The third-order valence-electron chi connectivity index (χ3n) is 3.92. The Balaban J connectivity index is 1.86. The summed E-state index contributed by atoms with van der Waals surface area (Å²) in [7, 11) is 1.66. The second kappa shape index (κ2) is 7.76. The smallest absolute Gasteiger partial charge is 0.137 e. The summed E-state index contributed by atoms with van der Waals surface area (Å²) in [4.78, 5) is 0. The number of rotatable bonds is 4. The van der Waals surface area contributed by atoms with Crippen molar-refractivity contribution in [3.63, 3.8) is 0 Å². The summed E-state index contributed by atoms with van der Waals surface area (Å²) in [6, 6.07) is 6.68. The number of methoxy groups -OCH3 is 1. The van der Waals surface area contributed by atoms with E-state index < -0.39 is 0 Å². The highest BCUT2D eigenvalue weighted by atomic mass is 35.5. The summed E-state index contributed by atoms with van der Waals surface area (Å²) in [5.41, 5.74) is 1.24. The van der Waals surface area contributed by atoms with Crippen LogP contribution in [0, 0.1) is 0 Å². The topological polar surface area (TPSA) is 21.3 Å². The molecule has 0 radical (unpaired) electrons. The number of hydrogen-bond donors (Lipinski definition) is 1. The summed E-state index contributed by atoms with van der Waals surface area (Å²) in [5.74, 6) is 0.763. The third-order valence-corrected chi connectivity index (χ3v) is 4.23. The standard InChI is InChI=1S/C16H24ClNO/c1-19-16-11-13(9-10-15(16)17)12-18-14-7-5-3-2-4-6-8-14/h9-11,14,18H,2-8,12H2,1H3. The molecule has 106 valence electrons. The molecule has 0 saturated heterocycles. The zero-order chi connectivity index (χ0) is 13.5. The lowest BCUT2D eigenvalue weighted by Crippen LogP contribution is -2.29. The van der Waals surface area contributed by atoms with Crippen molar-refractivity contribution in [2.45, 2.75) is 57.5 Å².